The van der Waals surface area contributed by atoms with Crippen molar-refractivity contribution in [2.24, 2.45) is 0 Å². The Morgan fingerprint density at radius 3 is 2.95 bits per heavy atom. The lowest BCUT2D eigenvalue weighted by Crippen LogP contribution is -2.37. The maximum atomic E-state index is 5.41. The maximum absolute atomic E-state index is 5.41. The Morgan fingerprint density at radius 2 is 2.16 bits per heavy atom. The molecule has 0 spiro atoms. The summed E-state index contributed by atoms with van der Waals surface area (Å²) in [4.78, 5) is 6.93. The zero-order valence-electron chi connectivity index (χ0n) is 11.2. The van der Waals surface area contributed by atoms with Crippen LogP contribution in [0.4, 0.5) is 0 Å². The lowest BCUT2D eigenvalue weighted by atomic mass is 10.3. The first-order chi connectivity index (χ1) is 9.38. The number of nitrogens with zero attached hydrogens (tertiary/aromatic N) is 3. The fourth-order valence-electron chi connectivity index (χ4n) is 2.50. The summed E-state index contributed by atoms with van der Waals surface area (Å²) < 4.78 is 12.9. The molecule has 0 saturated carbocycles. The van der Waals surface area contributed by atoms with E-state index in [9.17, 15) is 0 Å². The lowest BCUT2D eigenvalue weighted by molar-refractivity contribution is 0.0382. The Balaban J connectivity index is 1.77. The summed E-state index contributed by atoms with van der Waals surface area (Å²) in [6.07, 6.45) is 2.83. The summed E-state index contributed by atoms with van der Waals surface area (Å²) in [5.41, 5.74) is 1.08. The van der Waals surface area contributed by atoms with Crippen LogP contribution in [0.15, 0.2) is 24.4 Å². The third-order valence-electron chi connectivity index (χ3n) is 3.55. The first kappa shape index (κ1) is 12.4. The van der Waals surface area contributed by atoms with Gasteiger partial charge in [0.25, 0.3) is 0 Å². The summed E-state index contributed by atoms with van der Waals surface area (Å²) in [6, 6.07) is 6.00. The van der Waals surface area contributed by atoms with Crippen molar-refractivity contribution >= 4 is 5.52 Å². The van der Waals surface area contributed by atoms with Crippen LogP contribution in [0.5, 0.6) is 5.88 Å². The molecular formula is C14H19N3O2. The first-order valence-corrected chi connectivity index (χ1v) is 6.68. The van der Waals surface area contributed by atoms with E-state index in [1.807, 2.05) is 24.4 Å². The summed E-state index contributed by atoms with van der Waals surface area (Å²) >= 11 is 0. The van der Waals surface area contributed by atoms with E-state index < -0.39 is 0 Å². The predicted molar refractivity (Wildman–Crippen MR) is 72.7 cm³/mol. The molecule has 0 amide bonds. The van der Waals surface area contributed by atoms with Crippen molar-refractivity contribution in [2.75, 3.05) is 40.0 Å². The molecule has 1 saturated heterocycles. The van der Waals surface area contributed by atoms with Gasteiger partial charge in [0.2, 0.25) is 0 Å². The van der Waals surface area contributed by atoms with Crippen molar-refractivity contribution in [3.05, 3.63) is 30.2 Å². The number of ether oxygens (including phenoxy) is 2. The van der Waals surface area contributed by atoms with Gasteiger partial charge in [0.1, 0.15) is 5.82 Å². The second-order valence-electron chi connectivity index (χ2n) is 4.71. The molecule has 0 radical (unpaired) electrons. The van der Waals surface area contributed by atoms with Crippen molar-refractivity contribution in [1.82, 2.24) is 14.3 Å². The van der Waals surface area contributed by atoms with Gasteiger partial charge in [-0.3, -0.25) is 9.30 Å². The Hall–Kier alpha value is -1.59. The number of methoxy groups -OCH3 is 1. The second-order valence-corrected chi connectivity index (χ2v) is 4.71. The zero-order valence-corrected chi connectivity index (χ0v) is 11.2. The van der Waals surface area contributed by atoms with Crippen LogP contribution in [0.25, 0.3) is 5.52 Å². The van der Waals surface area contributed by atoms with Crippen LogP contribution in [0, 0.1) is 0 Å². The quantitative estimate of drug-likeness (QED) is 0.829. The number of rotatable bonds is 4. The van der Waals surface area contributed by atoms with Crippen LogP contribution < -0.4 is 4.74 Å². The predicted octanol–water partition coefficient (Wildman–Crippen LogP) is 1.22. The van der Waals surface area contributed by atoms with Gasteiger partial charge in [-0.1, -0.05) is 6.07 Å². The Kier molecular flexibility index (Phi) is 3.66. The molecule has 3 heterocycles. The number of imidazole rings is 1. The molecule has 0 atom stereocenters. The highest BCUT2D eigenvalue weighted by molar-refractivity contribution is 5.49. The third-order valence-corrected chi connectivity index (χ3v) is 3.55. The first-order valence-electron chi connectivity index (χ1n) is 6.68. The molecule has 1 aliphatic heterocycles. The number of morpholine rings is 1. The monoisotopic (exact) mass is 261 g/mol. The maximum Gasteiger partial charge on any atom is 0.199 e. The van der Waals surface area contributed by atoms with Crippen LogP contribution in [0.1, 0.15) is 5.82 Å². The van der Waals surface area contributed by atoms with Crippen LogP contribution in [0.3, 0.4) is 0 Å². The van der Waals surface area contributed by atoms with Gasteiger partial charge in [0, 0.05) is 26.1 Å². The largest absolute Gasteiger partial charge is 0.482 e. The number of pyridine rings is 1. The van der Waals surface area contributed by atoms with Gasteiger partial charge in [-0.05, 0) is 12.1 Å². The molecule has 0 aromatic carbocycles. The molecular weight excluding hydrogens is 242 g/mol. The summed E-state index contributed by atoms with van der Waals surface area (Å²) in [6.45, 7) is 4.72. The van der Waals surface area contributed by atoms with E-state index in [2.05, 4.69) is 14.3 Å². The molecule has 19 heavy (non-hydrogen) atoms. The second kappa shape index (κ2) is 5.59. The van der Waals surface area contributed by atoms with E-state index in [0.29, 0.717) is 0 Å². The Morgan fingerprint density at radius 1 is 1.32 bits per heavy atom. The van der Waals surface area contributed by atoms with Crippen LogP contribution in [-0.4, -0.2) is 54.2 Å². The summed E-state index contributed by atoms with van der Waals surface area (Å²) in [7, 11) is 1.69. The van der Waals surface area contributed by atoms with Gasteiger partial charge >= 0.3 is 0 Å². The average Bonchev–Trinajstić information content (AvgIpc) is 2.89. The third kappa shape index (κ3) is 2.57. The molecule has 2 aromatic heterocycles. The van der Waals surface area contributed by atoms with E-state index in [0.717, 1.165) is 56.5 Å². The van der Waals surface area contributed by atoms with E-state index in [4.69, 9.17) is 9.47 Å². The summed E-state index contributed by atoms with van der Waals surface area (Å²) in [5, 5.41) is 0. The number of fused-ring (bicyclic) bond motifs is 1. The summed E-state index contributed by atoms with van der Waals surface area (Å²) in [5.74, 6) is 1.89. The SMILES string of the molecule is COc1cccc2cnc(CCN3CCOCC3)n12. The van der Waals surface area contributed by atoms with Crippen LogP contribution in [-0.2, 0) is 11.2 Å². The van der Waals surface area contributed by atoms with Gasteiger partial charge in [-0.15, -0.1) is 0 Å². The van der Waals surface area contributed by atoms with Crippen molar-refractivity contribution < 1.29 is 9.47 Å². The van der Waals surface area contributed by atoms with E-state index in [1.165, 1.54) is 0 Å². The number of hydrogen-bond acceptors (Lipinski definition) is 4. The van der Waals surface area contributed by atoms with Crippen molar-refractivity contribution in [3.63, 3.8) is 0 Å². The van der Waals surface area contributed by atoms with E-state index in [1.54, 1.807) is 7.11 Å². The number of hydrogen-bond donors (Lipinski definition) is 0. The Bertz CT molecular complexity index is 547. The smallest absolute Gasteiger partial charge is 0.199 e. The minimum absolute atomic E-state index is 0.839. The molecule has 3 rings (SSSR count). The normalized spacial score (nSPS) is 16.9. The van der Waals surface area contributed by atoms with Gasteiger partial charge in [0.05, 0.1) is 32.0 Å². The molecule has 0 aliphatic carbocycles. The fraction of sp³-hybridized carbons (Fsp3) is 0.500. The highest BCUT2D eigenvalue weighted by Gasteiger charge is 2.13. The highest BCUT2D eigenvalue weighted by atomic mass is 16.5. The van der Waals surface area contributed by atoms with Crippen molar-refractivity contribution in [2.45, 2.75) is 6.42 Å². The number of aromatic nitrogens is 2. The molecule has 102 valence electrons. The standard InChI is InChI=1S/C14H19N3O2/c1-18-14-4-2-3-12-11-15-13(17(12)14)5-6-16-7-9-19-10-8-16/h2-4,11H,5-10H2,1H3. The fourth-order valence-corrected chi connectivity index (χ4v) is 2.50. The molecule has 5 nitrogen and oxygen atoms in total. The topological polar surface area (TPSA) is 39.0 Å². The van der Waals surface area contributed by atoms with E-state index >= 15 is 0 Å². The average molecular weight is 261 g/mol. The van der Waals surface area contributed by atoms with E-state index in [-0.39, 0.29) is 0 Å². The highest BCUT2D eigenvalue weighted by Crippen LogP contribution is 2.17. The molecule has 0 N–H and O–H groups in total. The van der Waals surface area contributed by atoms with Gasteiger partial charge in [0.15, 0.2) is 5.88 Å². The van der Waals surface area contributed by atoms with Crippen molar-refractivity contribution in [3.8, 4) is 5.88 Å². The van der Waals surface area contributed by atoms with Gasteiger partial charge in [-0.25, -0.2) is 4.98 Å². The van der Waals surface area contributed by atoms with Crippen molar-refractivity contribution in [1.29, 1.82) is 0 Å². The molecule has 0 bridgehead atoms. The van der Waals surface area contributed by atoms with Crippen LogP contribution >= 0.6 is 0 Å². The van der Waals surface area contributed by atoms with Gasteiger partial charge in [-0.2, -0.15) is 0 Å². The van der Waals surface area contributed by atoms with Gasteiger partial charge < -0.3 is 9.47 Å². The Labute approximate surface area is 112 Å². The molecule has 1 aliphatic rings. The minimum atomic E-state index is 0.839. The zero-order chi connectivity index (χ0) is 13.1. The lowest BCUT2D eigenvalue weighted by Gasteiger charge is -2.26. The minimum Gasteiger partial charge on any atom is -0.482 e. The molecule has 1 fully saturated rings. The van der Waals surface area contributed by atoms with Crippen LogP contribution in [0.2, 0.25) is 0 Å². The molecule has 0 unspecified atom stereocenters. The molecule has 2 aromatic rings. The molecule has 5 heteroatoms.